The van der Waals surface area contributed by atoms with Crippen molar-refractivity contribution >= 4 is 5.69 Å². The monoisotopic (exact) mass is 188 g/mol. The van der Waals surface area contributed by atoms with Gasteiger partial charge in [-0.3, -0.25) is 0 Å². The van der Waals surface area contributed by atoms with Gasteiger partial charge in [-0.2, -0.15) is 0 Å². The summed E-state index contributed by atoms with van der Waals surface area (Å²) in [6.07, 6.45) is 3.36. The van der Waals surface area contributed by atoms with Gasteiger partial charge < -0.3 is 9.84 Å². The molecule has 3 nitrogen and oxygen atoms in total. The number of aryl methyl sites for hydroxylation is 1. The summed E-state index contributed by atoms with van der Waals surface area (Å²) in [7, 11) is 0. The lowest BCUT2D eigenvalue weighted by molar-refractivity contribution is 0.419. The molecule has 0 fully saturated rings. The summed E-state index contributed by atoms with van der Waals surface area (Å²) in [6, 6.07) is 8.18. The number of benzene rings is 1. The molecule has 14 heavy (non-hydrogen) atoms. The molecule has 1 heterocycles. The first kappa shape index (κ1) is 8.81. The Bertz CT molecular complexity index is 395. The lowest BCUT2D eigenvalue weighted by atomic mass is 10.2. The molecule has 72 valence electrons. The number of nitrogens with one attached hydrogen (secondary N) is 1. The van der Waals surface area contributed by atoms with E-state index in [1.807, 2.05) is 12.1 Å². The van der Waals surface area contributed by atoms with E-state index in [-0.39, 0.29) is 0 Å². The molecule has 0 saturated heterocycles. The van der Waals surface area contributed by atoms with Gasteiger partial charge in [0.25, 0.3) is 0 Å². The fourth-order valence-corrected chi connectivity index (χ4v) is 1.28. The molecule has 0 aliphatic carbocycles. The number of nitrogens with zero attached hydrogens (tertiary/aromatic N) is 1. The first-order valence-corrected chi connectivity index (χ1v) is 4.54. The normalized spacial score (nSPS) is 10.1. The molecule has 0 saturated carbocycles. The molecule has 0 spiro atoms. The van der Waals surface area contributed by atoms with Crippen molar-refractivity contribution in [2.75, 3.05) is 5.32 Å². The van der Waals surface area contributed by atoms with Crippen LogP contribution in [0.4, 0.5) is 5.69 Å². The Kier molecular flexibility index (Phi) is 2.49. The molecule has 0 aliphatic rings. The molecule has 0 aliphatic heterocycles. The van der Waals surface area contributed by atoms with Crippen molar-refractivity contribution in [1.29, 1.82) is 0 Å². The summed E-state index contributed by atoms with van der Waals surface area (Å²) in [5.74, 6) is 0. The Balaban J connectivity index is 2.02. The van der Waals surface area contributed by atoms with Crippen molar-refractivity contribution in [3.8, 4) is 0 Å². The summed E-state index contributed by atoms with van der Waals surface area (Å²) in [5.41, 5.74) is 3.44. The van der Waals surface area contributed by atoms with Gasteiger partial charge in [-0.25, -0.2) is 0 Å². The summed E-state index contributed by atoms with van der Waals surface area (Å²) in [6.45, 7) is 2.82. The van der Waals surface area contributed by atoms with Crippen LogP contribution in [0.1, 0.15) is 11.1 Å². The van der Waals surface area contributed by atoms with Crippen molar-refractivity contribution in [1.82, 2.24) is 5.16 Å². The van der Waals surface area contributed by atoms with E-state index in [9.17, 15) is 0 Å². The van der Waals surface area contributed by atoms with Crippen LogP contribution in [0.5, 0.6) is 0 Å². The van der Waals surface area contributed by atoms with E-state index in [0.29, 0.717) is 0 Å². The van der Waals surface area contributed by atoms with E-state index in [1.54, 1.807) is 12.5 Å². The summed E-state index contributed by atoms with van der Waals surface area (Å²) in [4.78, 5) is 0. The number of anilines is 1. The Hall–Kier alpha value is -1.77. The van der Waals surface area contributed by atoms with Crippen molar-refractivity contribution in [2.45, 2.75) is 13.5 Å². The van der Waals surface area contributed by atoms with Crippen LogP contribution in [0.15, 0.2) is 41.2 Å². The van der Waals surface area contributed by atoms with Crippen molar-refractivity contribution in [2.24, 2.45) is 0 Å². The molecule has 2 rings (SSSR count). The molecular weight excluding hydrogens is 176 g/mol. The summed E-state index contributed by atoms with van der Waals surface area (Å²) in [5, 5.41) is 6.96. The molecule has 3 heteroatoms. The SMILES string of the molecule is Cc1ccccc1NCc1cnoc1. The Labute approximate surface area is 82.7 Å². The Morgan fingerprint density at radius 1 is 1.36 bits per heavy atom. The van der Waals surface area contributed by atoms with Crippen LogP contribution in [0, 0.1) is 6.92 Å². The number of para-hydroxylation sites is 1. The lowest BCUT2D eigenvalue weighted by Gasteiger charge is -2.06. The zero-order valence-electron chi connectivity index (χ0n) is 8.03. The topological polar surface area (TPSA) is 38.1 Å². The van der Waals surface area contributed by atoms with Gasteiger partial charge in [0.2, 0.25) is 0 Å². The second kappa shape index (κ2) is 3.96. The molecule has 1 aromatic carbocycles. The van der Waals surface area contributed by atoms with Crippen LogP contribution in [0.3, 0.4) is 0 Å². The molecule has 1 aromatic heterocycles. The average molecular weight is 188 g/mol. The van der Waals surface area contributed by atoms with Crippen molar-refractivity contribution in [3.05, 3.63) is 47.9 Å². The zero-order valence-corrected chi connectivity index (χ0v) is 8.03. The lowest BCUT2D eigenvalue weighted by Crippen LogP contribution is -1.99. The van der Waals surface area contributed by atoms with Gasteiger partial charge in [0.15, 0.2) is 0 Å². The maximum atomic E-state index is 4.74. The maximum absolute atomic E-state index is 4.74. The van der Waals surface area contributed by atoms with Crippen LogP contribution in [0.25, 0.3) is 0 Å². The number of hydrogen-bond acceptors (Lipinski definition) is 3. The van der Waals surface area contributed by atoms with Crippen LogP contribution in [-0.4, -0.2) is 5.16 Å². The third-order valence-electron chi connectivity index (χ3n) is 2.11. The standard InChI is InChI=1S/C11H12N2O/c1-9-4-2-3-5-11(9)12-6-10-7-13-14-8-10/h2-5,7-8,12H,6H2,1H3. The average Bonchev–Trinajstić information content (AvgIpc) is 2.69. The molecule has 0 radical (unpaired) electrons. The molecule has 0 amide bonds. The first-order chi connectivity index (χ1) is 6.86. The first-order valence-electron chi connectivity index (χ1n) is 4.54. The van der Waals surface area contributed by atoms with E-state index in [4.69, 9.17) is 4.52 Å². The smallest absolute Gasteiger partial charge is 0.128 e. The fourth-order valence-electron chi connectivity index (χ4n) is 1.28. The van der Waals surface area contributed by atoms with E-state index in [0.717, 1.165) is 17.8 Å². The molecular formula is C11H12N2O. The molecule has 2 aromatic rings. The minimum Gasteiger partial charge on any atom is -0.381 e. The quantitative estimate of drug-likeness (QED) is 0.804. The molecule has 0 unspecified atom stereocenters. The maximum Gasteiger partial charge on any atom is 0.128 e. The van der Waals surface area contributed by atoms with E-state index >= 15 is 0 Å². The highest BCUT2D eigenvalue weighted by Crippen LogP contribution is 2.14. The van der Waals surface area contributed by atoms with E-state index in [2.05, 4.69) is 29.5 Å². The second-order valence-electron chi connectivity index (χ2n) is 3.20. The third-order valence-corrected chi connectivity index (χ3v) is 2.11. The van der Waals surface area contributed by atoms with Crippen molar-refractivity contribution < 1.29 is 4.52 Å². The highest BCUT2D eigenvalue weighted by molar-refractivity contribution is 5.50. The third kappa shape index (κ3) is 1.93. The van der Waals surface area contributed by atoms with Gasteiger partial charge in [0, 0.05) is 17.8 Å². The fraction of sp³-hybridized carbons (Fsp3) is 0.182. The van der Waals surface area contributed by atoms with Crippen molar-refractivity contribution in [3.63, 3.8) is 0 Å². The van der Waals surface area contributed by atoms with Gasteiger partial charge in [-0.1, -0.05) is 23.4 Å². The van der Waals surface area contributed by atoms with Gasteiger partial charge in [-0.05, 0) is 18.6 Å². The molecule has 1 N–H and O–H groups in total. The molecule has 0 bridgehead atoms. The largest absolute Gasteiger partial charge is 0.381 e. The van der Waals surface area contributed by atoms with Gasteiger partial charge in [-0.15, -0.1) is 0 Å². The number of rotatable bonds is 3. The minimum atomic E-state index is 0.744. The number of aromatic nitrogens is 1. The molecule has 0 atom stereocenters. The second-order valence-corrected chi connectivity index (χ2v) is 3.20. The Morgan fingerprint density at radius 3 is 2.93 bits per heavy atom. The number of hydrogen-bond donors (Lipinski definition) is 1. The summed E-state index contributed by atoms with van der Waals surface area (Å²) >= 11 is 0. The predicted octanol–water partition coefficient (Wildman–Crippen LogP) is 2.60. The predicted molar refractivity (Wildman–Crippen MR) is 55.0 cm³/mol. The van der Waals surface area contributed by atoms with E-state index in [1.165, 1.54) is 5.56 Å². The highest BCUT2D eigenvalue weighted by Gasteiger charge is 1.97. The highest BCUT2D eigenvalue weighted by atomic mass is 16.5. The van der Waals surface area contributed by atoms with Crippen LogP contribution in [0.2, 0.25) is 0 Å². The van der Waals surface area contributed by atoms with Crippen LogP contribution >= 0.6 is 0 Å². The van der Waals surface area contributed by atoms with Gasteiger partial charge >= 0.3 is 0 Å². The van der Waals surface area contributed by atoms with Crippen LogP contribution < -0.4 is 5.32 Å². The van der Waals surface area contributed by atoms with Gasteiger partial charge in [0.1, 0.15) is 6.26 Å². The Morgan fingerprint density at radius 2 is 2.21 bits per heavy atom. The summed E-state index contributed by atoms with van der Waals surface area (Å²) < 4.78 is 4.74. The zero-order chi connectivity index (χ0) is 9.80. The van der Waals surface area contributed by atoms with Crippen LogP contribution in [-0.2, 0) is 6.54 Å². The van der Waals surface area contributed by atoms with Gasteiger partial charge in [0.05, 0.1) is 6.20 Å². The van der Waals surface area contributed by atoms with E-state index < -0.39 is 0 Å². The minimum absolute atomic E-state index is 0.744.